The zero-order valence-electron chi connectivity index (χ0n) is 13.8. The minimum atomic E-state index is -0.967. The molecule has 1 heterocycles. The van der Waals surface area contributed by atoms with Crippen molar-refractivity contribution in [2.45, 2.75) is 51.2 Å². The van der Waals surface area contributed by atoms with Gasteiger partial charge in [0.05, 0.1) is 13.1 Å². The van der Waals surface area contributed by atoms with E-state index in [-0.39, 0.29) is 10.5 Å². The van der Waals surface area contributed by atoms with Crippen molar-refractivity contribution in [2.24, 2.45) is 0 Å². The van der Waals surface area contributed by atoms with Crippen molar-refractivity contribution in [1.82, 2.24) is 21.3 Å². The highest BCUT2D eigenvalue weighted by atomic mass is 16.6. The summed E-state index contributed by atoms with van der Waals surface area (Å²) in [6.07, 6.45) is 1.04. The highest BCUT2D eigenvalue weighted by molar-refractivity contribution is 4.84. The monoisotopic (exact) mass is 301 g/mol. The summed E-state index contributed by atoms with van der Waals surface area (Å²) in [5.74, 6) is 0. The SMILES string of the molecule is CC1CC(C)(C)NCCNCC(C)([N+](=O)[O-])CNCCN1. The predicted molar refractivity (Wildman–Crippen MR) is 85.3 cm³/mol. The Morgan fingerprint density at radius 2 is 1.62 bits per heavy atom. The first-order valence-electron chi connectivity index (χ1n) is 7.80. The van der Waals surface area contributed by atoms with Crippen LogP contribution in [0.5, 0.6) is 0 Å². The molecular formula is C14H31N5O2. The van der Waals surface area contributed by atoms with Gasteiger partial charge in [-0.25, -0.2) is 0 Å². The Kier molecular flexibility index (Phi) is 6.99. The van der Waals surface area contributed by atoms with Crippen molar-refractivity contribution in [2.75, 3.05) is 39.3 Å². The molecule has 0 aromatic rings. The first-order valence-corrected chi connectivity index (χ1v) is 7.80. The van der Waals surface area contributed by atoms with Crippen LogP contribution in [0.25, 0.3) is 0 Å². The third-order valence-corrected chi connectivity index (χ3v) is 3.97. The molecule has 0 spiro atoms. The lowest BCUT2D eigenvalue weighted by atomic mass is 9.96. The predicted octanol–water partition coefficient (Wildman–Crippen LogP) is -0.0490. The molecule has 0 aromatic heterocycles. The Morgan fingerprint density at radius 1 is 1.05 bits per heavy atom. The second-order valence-electron chi connectivity index (χ2n) is 6.98. The van der Waals surface area contributed by atoms with Gasteiger partial charge < -0.3 is 21.3 Å². The van der Waals surface area contributed by atoms with Gasteiger partial charge in [-0.3, -0.25) is 10.1 Å². The Bertz CT molecular complexity index is 337. The van der Waals surface area contributed by atoms with Crippen molar-refractivity contribution >= 4 is 0 Å². The molecule has 0 aliphatic carbocycles. The largest absolute Gasteiger partial charge is 0.313 e. The van der Waals surface area contributed by atoms with Crippen LogP contribution in [-0.4, -0.2) is 61.3 Å². The van der Waals surface area contributed by atoms with Crippen LogP contribution in [0.1, 0.15) is 34.1 Å². The molecule has 1 rings (SSSR count). The molecule has 2 unspecified atom stereocenters. The number of hydrogen-bond acceptors (Lipinski definition) is 6. The Morgan fingerprint density at radius 3 is 2.19 bits per heavy atom. The van der Waals surface area contributed by atoms with Crippen molar-refractivity contribution in [1.29, 1.82) is 0 Å². The molecule has 7 nitrogen and oxygen atoms in total. The van der Waals surface area contributed by atoms with E-state index < -0.39 is 5.54 Å². The maximum atomic E-state index is 11.3. The first kappa shape index (κ1) is 18.3. The summed E-state index contributed by atoms with van der Waals surface area (Å²) in [5.41, 5.74) is -0.913. The minimum absolute atomic E-state index is 0.0536. The van der Waals surface area contributed by atoms with Crippen molar-refractivity contribution in [3.05, 3.63) is 10.1 Å². The molecule has 0 saturated carbocycles. The van der Waals surface area contributed by atoms with Gasteiger partial charge in [-0.1, -0.05) is 0 Å². The fourth-order valence-corrected chi connectivity index (χ4v) is 2.71. The van der Waals surface area contributed by atoms with Crippen LogP contribution in [0.15, 0.2) is 0 Å². The highest BCUT2D eigenvalue weighted by Crippen LogP contribution is 2.11. The molecule has 1 saturated heterocycles. The standard InChI is InChI=1S/C14H31N5O2/c1-12-9-13(2,3)18-8-6-16-11-14(4,19(20)21)10-15-5-7-17-12/h12,15-18H,5-11H2,1-4H3. The van der Waals surface area contributed by atoms with E-state index in [2.05, 4.69) is 42.0 Å². The van der Waals surface area contributed by atoms with E-state index in [9.17, 15) is 10.1 Å². The van der Waals surface area contributed by atoms with Crippen LogP contribution >= 0.6 is 0 Å². The van der Waals surface area contributed by atoms with Crippen molar-refractivity contribution < 1.29 is 4.92 Å². The number of rotatable bonds is 1. The fourth-order valence-electron chi connectivity index (χ4n) is 2.71. The average molecular weight is 301 g/mol. The van der Waals surface area contributed by atoms with Gasteiger partial charge >= 0.3 is 0 Å². The fraction of sp³-hybridized carbons (Fsp3) is 1.00. The van der Waals surface area contributed by atoms with E-state index in [1.54, 1.807) is 6.92 Å². The first-order chi connectivity index (χ1) is 9.75. The summed E-state index contributed by atoms with van der Waals surface area (Å²) in [5, 5.41) is 24.6. The van der Waals surface area contributed by atoms with Crippen molar-refractivity contribution in [3.8, 4) is 0 Å². The number of nitro groups is 1. The summed E-state index contributed by atoms with van der Waals surface area (Å²) in [6, 6.07) is 0.409. The lowest BCUT2D eigenvalue weighted by Gasteiger charge is -2.31. The van der Waals surface area contributed by atoms with E-state index in [0.717, 1.165) is 32.6 Å². The topological polar surface area (TPSA) is 91.3 Å². The summed E-state index contributed by atoms with van der Waals surface area (Å²) in [7, 11) is 0. The van der Waals surface area contributed by atoms with Gasteiger partial charge in [0.1, 0.15) is 0 Å². The zero-order valence-corrected chi connectivity index (χ0v) is 13.8. The van der Waals surface area contributed by atoms with Gasteiger partial charge in [-0.15, -0.1) is 0 Å². The normalized spacial score (nSPS) is 33.0. The molecule has 124 valence electrons. The van der Waals surface area contributed by atoms with E-state index in [1.807, 2.05) is 0 Å². The third-order valence-electron chi connectivity index (χ3n) is 3.97. The summed E-state index contributed by atoms with van der Waals surface area (Å²) in [6.45, 7) is 12.1. The van der Waals surface area contributed by atoms with Crippen LogP contribution < -0.4 is 21.3 Å². The van der Waals surface area contributed by atoms with Gasteiger partial charge in [-0.05, 0) is 27.2 Å². The number of nitrogens with zero attached hydrogens (tertiary/aromatic N) is 1. The zero-order chi connectivity index (χ0) is 15.9. The lowest BCUT2D eigenvalue weighted by Crippen LogP contribution is -2.54. The molecule has 7 heteroatoms. The molecule has 0 radical (unpaired) electrons. The molecule has 0 aromatic carbocycles. The molecule has 1 fully saturated rings. The van der Waals surface area contributed by atoms with Gasteiger partial charge in [0.2, 0.25) is 5.54 Å². The lowest BCUT2D eigenvalue weighted by molar-refractivity contribution is -0.560. The second-order valence-corrected chi connectivity index (χ2v) is 6.98. The molecule has 2 atom stereocenters. The summed E-state index contributed by atoms with van der Waals surface area (Å²) in [4.78, 5) is 11.1. The van der Waals surface area contributed by atoms with Gasteiger partial charge in [0.25, 0.3) is 0 Å². The smallest absolute Gasteiger partial charge is 0.243 e. The molecule has 1 aliphatic rings. The number of nitrogens with one attached hydrogen (secondary N) is 4. The van der Waals surface area contributed by atoms with Gasteiger partial charge in [0.15, 0.2) is 0 Å². The highest BCUT2D eigenvalue weighted by Gasteiger charge is 2.36. The van der Waals surface area contributed by atoms with Gasteiger partial charge in [0, 0.05) is 49.6 Å². The Hall–Kier alpha value is -0.760. The average Bonchev–Trinajstić information content (AvgIpc) is 2.36. The quantitative estimate of drug-likeness (QED) is 0.401. The van der Waals surface area contributed by atoms with Crippen LogP contribution in [0, 0.1) is 10.1 Å². The van der Waals surface area contributed by atoms with Crippen LogP contribution in [0.4, 0.5) is 0 Å². The van der Waals surface area contributed by atoms with E-state index >= 15 is 0 Å². The van der Waals surface area contributed by atoms with Gasteiger partial charge in [-0.2, -0.15) is 0 Å². The van der Waals surface area contributed by atoms with E-state index in [4.69, 9.17) is 0 Å². The molecule has 21 heavy (non-hydrogen) atoms. The van der Waals surface area contributed by atoms with Crippen LogP contribution in [0.2, 0.25) is 0 Å². The molecule has 0 amide bonds. The molecule has 1 aliphatic heterocycles. The molecule has 4 N–H and O–H groups in total. The Balaban J connectivity index is 2.60. The maximum absolute atomic E-state index is 11.3. The van der Waals surface area contributed by atoms with Crippen LogP contribution in [0.3, 0.4) is 0 Å². The molecule has 0 bridgehead atoms. The summed E-state index contributed by atoms with van der Waals surface area (Å²) < 4.78 is 0. The number of hydrogen-bond donors (Lipinski definition) is 4. The summed E-state index contributed by atoms with van der Waals surface area (Å²) >= 11 is 0. The second kappa shape index (κ2) is 8.03. The minimum Gasteiger partial charge on any atom is -0.313 e. The van der Waals surface area contributed by atoms with E-state index in [1.165, 1.54) is 0 Å². The van der Waals surface area contributed by atoms with E-state index in [0.29, 0.717) is 19.1 Å². The third kappa shape index (κ3) is 6.69. The van der Waals surface area contributed by atoms with Crippen LogP contribution in [-0.2, 0) is 0 Å². The molecular weight excluding hydrogens is 270 g/mol. The maximum Gasteiger partial charge on any atom is 0.243 e. The Labute approximate surface area is 127 Å². The van der Waals surface area contributed by atoms with Crippen molar-refractivity contribution in [3.63, 3.8) is 0 Å².